The lowest BCUT2D eigenvalue weighted by molar-refractivity contribution is -0.385. The van der Waals surface area contributed by atoms with Crippen LogP contribution in [-0.2, 0) is 0 Å². The summed E-state index contributed by atoms with van der Waals surface area (Å²) in [4.78, 5) is 24.6. The van der Waals surface area contributed by atoms with E-state index < -0.39 is 10.9 Å². The lowest BCUT2D eigenvalue weighted by atomic mass is 10.1. The molecule has 0 saturated heterocycles. The van der Waals surface area contributed by atoms with Gasteiger partial charge in [0.1, 0.15) is 12.0 Å². The number of nitro benzene ring substituents is 1. The van der Waals surface area contributed by atoms with Gasteiger partial charge in [-0.05, 0) is 25.5 Å². The number of hydrogen-bond donors (Lipinski definition) is 1. The highest BCUT2D eigenvalue weighted by molar-refractivity contribution is 5.84. The fourth-order valence-electron chi connectivity index (χ4n) is 1.58. The van der Waals surface area contributed by atoms with E-state index in [1.807, 2.05) is 0 Å². The monoisotopic (exact) mass is 278 g/mol. The maximum absolute atomic E-state index is 10.8. The first-order valence-corrected chi connectivity index (χ1v) is 5.51. The van der Waals surface area contributed by atoms with Crippen molar-refractivity contribution in [1.82, 2.24) is 4.98 Å². The molecule has 0 spiro atoms. The molecule has 0 radical (unpaired) electrons. The zero-order valence-corrected chi connectivity index (χ0v) is 10.6. The van der Waals surface area contributed by atoms with Gasteiger partial charge in [-0.3, -0.25) is 10.1 Å². The van der Waals surface area contributed by atoms with E-state index in [-0.39, 0.29) is 17.5 Å². The molecule has 0 fully saturated rings. The van der Waals surface area contributed by atoms with Crippen LogP contribution in [0, 0.1) is 24.0 Å². The third-order valence-electron chi connectivity index (χ3n) is 2.59. The van der Waals surface area contributed by atoms with Gasteiger partial charge in [0.15, 0.2) is 5.69 Å². The van der Waals surface area contributed by atoms with Crippen molar-refractivity contribution in [2.75, 3.05) is 0 Å². The van der Waals surface area contributed by atoms with Crippen LogP contribution in [0.5, 0.6) is 11.8 Å². The van der Waals surface area contributed by atoms with E-state index in [0.29, 0.717) is 16.9 Å². The molecule has 1 heterocycles. The highest BCUT2D eigenvalue weighted by atomic mass is 16.6. The molecule has 0 aliphatic carbocycles. The number of nitro groups is 1. The van der Waals surface area contributed by atoms with Crippen LogP contribution in [0.25, 0.3) is 0 Å². The molecule has 0 amide bonds. The van der Waals surface area contributed by atoms with Crippen molar-refractivity contribution < 1.29 is 24.0 Å². The van der Waals surface area contributed by atoms with E-state index in [9.17, 15) is 14.9 Å². The van der Waals surface area contributed by atoms with Crippen molar-refractivity contribution in [2.24, 2.45) is 0 Å². The number of aromatic nitrogens is 1. The minimum atomic E-state index is -1.24. The molecule has 0 atom stereocenters. The second-order valence-electron chi connectivity index (χ2n) is 4.07. The van der Waals surface area contributed by atoms with Crippen molar-refractivity contribution in [3.05, 3.63) is 45.3 Å². The van der Waals surface area contributed by atoms with E-state index in [4.69, 9.17) is 14.3 Å². The number of aryl methyl sites for hydroxylation is 2. The minimum Gasteiger partial charge on any atom is -0.476 e. The molecule has 1 aromatic heterocycles. The Morgan fingerprint density at radius 2 is 2.10 bits per heavy atom. The van der Waals surface area contributed by atoms with Gasteiger partial charge in [0.2, 0.25) is 0 Å². The first-order valence-electron chi connectivity index (χ1n) is 5.51. The third kappa shape index (κ3) is 2.58. The Balaban J connectivity index is 2.31. The predicted molar refractivity (Wildman–Crippen MR) is 66.1 cm³/mol. The SMILES string of the molecule is Cc1cc([N+](=O)[O-])c(C)cc1Oc1nc(C(=O)O)co1. The molecule has 0 saturated carbocycles. The van der Waals surface area contributed by atoms with Gasteiger partial charge >= 0.3 is 12.0 Å². The molecular weight excluding hydrogens is 268 g/mol. The molecule has 104 valence electrons. The normalized spacial score (nSPS) is 10.3. The number of ether oxygens (including phenoxy) is 1. The maximum atomic E-state index is 10.8. The topological polar surface area (TPSA) is 116 Å². The highest BCUT2D eigenvalue weighted by Crippen LogP contribution is 2.30. The summed E-state index contributed by atoms with van der Waals surface area (Å²) in [7, 11) is 0. The fourth-order valence-corrected chi connectivity index (χ4v) is 1.58. The number of carboxylic acids is 1. The fraction of sp³-hybridized carbons (Fsp3) is 0.167. The first-order chi connectivity index (χ1) is 9.38. The Hall–Kier alpha value is -2.90. The van der Waals surface area contributed by atoms with Crippen molar-refractivity contribution in [3.8, 4) is 11.8 Å². The standard InChI is InChI=1S/C12H10N2O6/c1-6-4-10(7(2)3-9(6)14(17)18)20-12-13-8(5-19-12)11(15)16/h3-5H,1-2H3,(H,15,16). The van der Waals surface area contributed by atoms with Gasteiger partial charge in [-0.1, -0.05) is 0 Å². The number of rotatable bonds is 4. The smallest absolute Gasteiger partial charge is 0.399 e. The van der Waals surface area contributed by atoms with Crippen LogP contribution in [0.1, 0.15) is 21.6 Å². The molecule has 2 rings (SSSR count). The average molecular weight is 278 g/mol. The number of oxazole rings is 1. The number of hydrogen-bond acceptors (Lipinski definition) is 6. The molecule has 0 aliphatic heterocycles. The first kappa shape index (κ1) is 13.5. The molecule has 1 N–H and O–H groups in total. The highest BCUT2D eigenvalue weighted by Gasteiger charge is 2.17. The van der Waals surface area contributed by atoms with Crippen LogP contribution in [0.4, 0.5) is 5.69 Å². The van der Waals surface area contributed by atoms with Gasteiger partial charge in [-0.25, -0.2) is 4.79 Å². The molecule has 20 heavy (non-hydrogen) atoms. The van der Waals surface area contributed by atoms with Crippen LogP contribution in [0.3, 0.4) is 0 Å². The number of aromatic carboxylic acids is 1. The maximum Gasteiger partial charge on any atom is 0.399 e. The number of benzene rings is 1. The van der Waals surface area contributed by atoms with Gasteiger partial charge in [0, 0.05) is 11.6 Å². The van der Waals surface area contributed by atoms with Gasteiger partial charge < -0.3 is 14.3 Å². The second kappa shape index (κ2) is 5.00. The quantitative estimate of drug-likeness (QED) is 0.675. The summed E-state index contributed by atoms with van der Waals surface area (Å²) in [5.41, 5.74) is 0.628. The summed E-state index contributed by atoms with van der Waals surface area (Å²) < 4.78 is 10.1. The van der Waals surface area contributed by atoms with Crippen molar-refractivity contribution in [1.29, 1.82) is 0 Å². The number of carbonyl (C=O) groups is 1. The lowest BCUT2D eigenvalue weighted by Crippen LogP contribution is -1.97. The molecule has 1 aromatic carbocycles. The van der Waals surface area contributed by atoms with Crippen LogP contribution >= 0.6 is 0 Å². The Morgan fingerprint density at radius 3 is 2.65 bits per heavy atom. The molecule has 8 heteroatoms. The predicted octanol–water partition coefficient (Wildman–Crippen LogP) is 2.69. The summed E-state index contributed by atoms with van der Waals surface area (Å²) in [6.07, 6.45) is 0.712. The zero-order valence-electron chi connectivity index (χ0n) is 10.6. The Labute approximate surface area is 112 Å². The number of nitrogens with zero attached hydrogens (tertiary/aromatic N) is 2. The van der Waals surface area contributed by atoms with Crippen molar-refractivity contribution in [3.63, 3.8) is 0 Å². The van der Waals surface area contributed by atoms with Crippen LogP contribution in [0.15, 0.2) is 22.8 Å². The van der Waals surface area contributed by atoms with E-state index in [1.165, 1.54) is 12.1 Å². The summed E-state index contributed by atoms with van der Waals surface area (Å²) >= 11 is 0. The summed E-state index contributed by atoms with van der Waals surface area (Å²) in [6.45, 7) is 3.20. The van der Waals surface area contributed by atoms with E-state index in [1.54, 1.807) is 13.8 Å². The molecular formula is C12H10N2O6. The molecule has 2 aromatic rings. The summed E-state index contributed by atoms with van der Waals surface area (Å²) in [5, 5.41) is 19.5. The largest absolute Gasteiger partial charge is 0.476 e. The third-order valence-corrected chi connectivity index (χ3v) is 2.59. The van der Waals surface area contributed by atoms with Gasteiger partial charge in [-0.2, -0.15) is 4.98 Å². The van der Waals surface area contributed by atoms with Crippen LogP contribution in [0.2, 0.25) is 0 Å². The Bertz CT molecular complexity index is 691. The molecule has 0 bridgehead atoms. The number of carboxylic acid groups (broad SMARTS) is 1. The molecule has 8 nitrogen and oxygen atoms in total. The Morgan fingerprint density at radius 1 is 1.40 bits per heavy atom. The average Bonchev–Trinajstić information content (AvgIpc) is 2.81. The van der Waals surface area contributed by atoms with Gasteiger partial charge in [0.25, 0.3) is 5.69 Å². The second-order valence-corrected chi connectivity index (χ2v) is 4.07. The van der Waals surface area contributed by atoms with E-state index >= 15 is 0 Å². The van der Waals surface area contributed by atoms with Crippen molar-refractivity contribution in [2.45, 2.75) is 13.8 Å². The van der Waals surface area contributed by atoms with E-state index in [2.05, 4.69) is 4.98 Å². The zero-order chi connectivity index (χ0) is 14.9. The summed E-state index contributed by atoms with van der Waals surface area (Å²) in [6, 6.07) is 2.84. The van der Waals surface area contributed by atoms with Crippen LogP contribution in [-0.4, -0.2) is 21.0 Å². The molecule has 0 aliphatic rings. The lowest BCUT2D eigenvalue weighted by Gasteiger charge is -2.06. The molecule has 0 unspecified atom stereocenters. The Kier molecular flexibility index (Phi) is 3.38. The van der Waals surface area contributed by atoms with Gasteiger partial charge in [-0.15, -0.1) is 0 Å². The van der Waals surface area contributed by atoms with Crippen LogP contribution < -0.4 is 4.74 Å². The minimum absolute atomic E-state index is 0.0199. The summed E-state index contributed by atoms with van der Waals surface area (Å²) in [5.74, 6) is -0.924. The van der Waals surface area contributed by atoms with Crippen molar-refractivity contribution >= 4 is 11.7 Å². The van der Waals surface area contributed by atoms with Gasteiger partial charge in [0.05, 0.1) is 4.92 Å². The van der Waals surface area contributed by atoms with E-state index in [0.717, 1.165) is 6.26 Å².